The van der Waals surface area contributed by atoms with Crippen LogP contribution in [0, 0.1) is 0 Å². The molecule has 128 valence electrons. The molecule has 1 fully saturated rings. The molecule has 1 N–H and O–H groups in total. The number of carboxylic acid groups (broad SMARTS) is 1. The Morgan fingerprint density at radius 3 is 2.48 bits per heavy atom. The van der Waals surface area contributed by atoms with E-state index in [1.807, 2.05) is 6.07 Å². The predicted molar refractivity (Wildman–Crippen MR) is 93.9 cm³/mol. The van der Waals surface area contributed by atoms with Gasteiger partial charge >= 0.3 is 5.97 Å². The van der Waals surface area contributed by atoms with Crippen molar-refractivity contribution in [2.45, 2.75) is 25.9 Å². The summed E-state index contributed by atoms with van der Waals surface area (Å²) in [5, 5.41) is 9.02. The molecule has 0 bridgehead atoms. The van der Waals surface area contributed by atoms with Crippen LogP contribution in [0.5, 0.6) is 0 Å². The van der Waals surface area contributed by atoms with Crippen molar-refractivity contribution in [1.82, 2.24) is 9.80 Å². The highest BCUT2D eigenvalue weighted by Crippen LogP contribution is 2.22. The summed E-state index contributed by atoms with van der Waals surface area (Å²) in [7, 11) is 1.75. The maximum Gasteiger partial charge on any atom is 0.335 e. The summed E-state index contributed by atoms with van der Waals surface area (Å²) in [4.78, 5) is 15.9. The minimum absolute atomic E-state index is 0.0601. The van der Waals surface area contributed by atoms with E-state index in [-0.39, 0.29) is 5.54 Å². The molecule has 0 aliphatic carbocycles. The van der Waals surface area contributed by atoms with E-state index in [0.29, 0.717) is 5.56 Å². The third-order valence-electron chi connectivity index (χ3n) is 4.42. The lowest BCUT2D eigenvalue weighted by atomic mass is 10.0. The second kappa shape index (κ2) is 7.75. The van der Waals surface area contributed by atoms with Crippen LogP contribution in [0.1, 0.15) is 29.8 Å². The second-order valence-corrected chi connectivity index (χ2v) is 7.47. The Morgan fingerprint density at radius 2 is 1.96 bits per heavy atom. The predicted octanol–water partition coefficient (Wildman–Crippen LogP) is 2.69. The van der Waals surface area contributed by atoms with E-state index in [2.05, 4.69) is 39.6 Å². The quantitative estimate of drug-likeness (QED) is 0.816. The van der Waals surface area contributed by atoms with Crippen molar-refractivity contribution < 1.29 is 14.6 Å². The lowest BCUT2D eigenvalue weighted by molar-refractivity contribution is 0.000716. The number of methoxy groups -OCH3 is 1. The van der Waals surface area contributed by atoms with Gasteiger partial charge < -0.3 is 9.84 Å². The van der Waals surface area contributed by atoms with E-state index >= 15 is 0 Å². The number of hydrogen-bond acceptors (Lipinski definition) is 4. The number of nitrogens with zero attached hydrogens (tertiary/aromatic N) is 2. The largest absolute Gasteiger partial charge is 0.478 e. The van der Waals surface area contributed by atoms with Crippen molar-refractivity contribution in [3.8, 4) is 0 Å². The molecule has 6 heteroatoms. The Morgan fingerprint density at radius 1 is 1.30 bits per heavy atom. The number of piperazine rings is 1. The topological polar surface area (TPSA) is 53.0 Å². The molecule has 0 amide bonds. The average molecular weight is 385 g/mol. The zero-order valence-corrected chi connectivity index (χ0v) is 15.6. The van der Waals surface area contributed by atoms with Crippen LogP contribution < -0.4 is 0 Å². The highest BCUT2D eigenvalue weighted by Gasteiger charge is 2.29. The van der Waals surface area contributed by atoms with E-state index in [9.17, 15) is 4.79 Å². The van der Waals surface area contributed by atoms with Gasteiger partial charge in [-0.1, -0.05) is 22.0 Å². The Kier molecular flexibility index (Phi) is 6.19. The highest BCUT2D eigenvalue weighted by atomic mass is 79.9. The maximum atomic E-state index is 11.0. The number of hydrogen-bond donors (Lipinski definition) is 1. The summed E-state index contributed by atoms with van der Waals surface area (Å²) in [6.07, 6.45) is 0. The molecular formula is C17H25BrN2O3. The van der Waals surface area contributed by atoms with Crippen LogP contribution in [-0.2, 0) is 11.3 Å². The molecule has 1 aliphatic rings. The molecule has 1 saturated heterocycles. The van der Waals surface area contributed by atoms with Crippen LogP contribution in [0.3, 0.4) is 0 Å². The van der Waals surface area contributed by atoms with Crippen molar-refractivity contribution in [3.05, 3.63) is 33.8 Å². The Bertz CT molecular complexity index is 555. The number of benzene rings is 1. The lowest BCUT2D eigenvalue weighted by Crippen LogP contribution is -2.56. The van der Waals surface area contributed by atoms with Crippen molar-refractivity contribution in [1.29, 1.82) is 0 Å². The first-order valence-corrected chi connectivity index (χ1v) is 8.61. The van der Waals surface area contributed by atoms with Gasteiger partial charge in [0.2, 0.25) is 0 Å². The molecule has 1 aliphatic heterocycles. The zero-order chi connectivity index (χ0) is 17.0. The van der Waals surface area contributed by atoms with Gasteiger partial charge in [0.15, 0.2) is 0 Å². The minimum Gasteiger partial charge on any atom is -0.478 e. The third kappa shape index (κ3) is 4.76. The first-order chi connectivity index (χ1) is 10.8. The molecule has 23 heavy (non-hydrogen) atoms. The monoisotopic (exact) mass is 384 g/mol. The van der Waals surface area contributed by atoms with Gasteiger partial charge in [0.05, 0.1) is 12.2 Å². The van der Waals surface area contributed by atoms with Crippen LogP contribution in [-0.4, -0.2) is 66.3 Å². The van der Waals surface area contributed by atoms with E-state index < -0.39 is 5.97 Å². The first kappa shape index (κ1) is 18.4. The standard InChI is InChI=1S/C17H25BrN2O3/c1-17(2,12-23-3)20-8-6-19(7-9-20)11-14-5-4-13(16(21)22)10-15(14)18/h4-5,10H,6-9,11-12H2,1-3H3,(H,21,22). The Labute approximate surface area is 146 Å². The molecule has 1 aromatic rings. The Balaban J connectivity index is 1.93. The third-order valence-corrected chi connectivity index (χ3v) is 5.16. The number of halogens is 1. The molecule has 0 spiro atoms. The van der Waals surface area contributed by atoms with Gasteiger partial charge in [-0.2, -0.15) is 0 Å². The van der Waals surface area contributed by atoms with Crippen molar-refractivity contribution in [3.63, 3.8) is 0 Å². The summed E-state index contributed by atoms with van der Waals surface area (Å²) in [6.45, 7) is 10.0. The van der Waals surface area contributed by atoms with Gasteiger partial charge in [0, 0.05) is 49.8 Å². The molecule has 0 saturated carbocycles. The van der Waals surface area contributed by atoms with Crippen molar-refractivity contribution >= 4 is 21.9 Å². The normalized spacial score (nSPS) is 17.4. The van der Waals surface area contributed by atoms with Gasteiger partial charge in [0.1, 0.15) is 0 Å². The SMILES string of the molecule is COCC(C)(C)N1CCN(Cc2ccc(C(=O)O)cc2Br)CC1. The lowest BCUT2D eigenvalue weighted by Gasteiger charge is -2.43. The molecule has 0 aromatic heterocycles. The number of rotatable bonds is 6. The van der Waals surface area contributed by atoms with Crippen LogP contribution in [0.4, 0.5) is 0 Å². The van der Waals surface area contributed by atoms with Gasteiger partial charge in [-0.05, 0) is 31.5 Å². The van der Waals surface area contributed by atoms with Crippen LogP contribution in [0.25, 0.3) is 0 Å². The molecule has 0 radical (unpaired) electrons. The molecule has 0 atom stereocenters. The summed E-state index contributed by atoms with van der Waals surface area (Å²) in [6, 6.07) is 5.24. The van der Waals surface area contributed by atoms with E-state index in [4.69, 9.17) is 9.84 Å². The molecule has 1 aromatic carbocycles. The summed E-state index contributed by atoms with van der Waals surface area (Å²) in [5.41, 5.74) is 1.50. The number of ether oxygens (including phenoxy) is 1. The minimum atomic E-state index is -0.897. The van der Waals surface area contributed by atoms with Crippen molar-refractivity contribution in [2.75, 3.05) is 39.9 Å². The van der Waals surface area contributed by atoms with E-state index in [0.717, 1.165) is 49.4 Å². The van der Waals surface area contributed by atoms with Crippen LogP contribution >= 0.6 is 15.9 Å². The molecule has 1 heterocycles. The smallest absolute Gasteiger partial charge is 0.335 e. The van der Waals surface area contributed by atoms with Crippen molar-refractivity contribution in [2.24, 2.45) is 0 Å². The number of carboxylic acids is 1. The fraction of sp³-hybridized carbons (Fsp3) is 0.588. The van der Waals surface area contributed by atoms with Gasteiger partial charge in [-0.25, -0.2) is 4.79 Å². The summed E-state index contributed by atoms with van der Waals surface area (Å²) >= 11 is 3.49. The van der Waals surface area contributed by atoms with Gasteiger partial charge in [0.25, 0.3) is 0 Å². The number of carbonyl (C=O) groups is 1. The second-order valence-electron chi connectivity index (χ2n) is 6.62. The summed E-state index contributed by atoms with van der Waals surface area (Å²) in [5.74, 6) is -0.897. The highest BCUT2D eigenvalue weighted by molar-refractivity contribution is 9.10. The first-order valence-electron chi connectivity index (χ1n) is 7.81. The van der Waals surface area contributed by atoms with E-state index in [1.54, 1.807) is 19.2 Å². The van der Waals surface area contributed by atoms with Crippen LogP contribution in [0.2, 0.25) is 0 Å². The average Bonchev–Trinajstić information content (AvgIpc) is 2.49. The molecule has 2 rings (SSSR count). The fourth-order valence-electron chi connectivity index (χ4n) is 3.01. The van der Waals surface area contributed by atoms with Gasteiger partial charge in [-0.15, -0.1) is 0 Å². The Hall–Kier alpha value is -0.950. The fourth-order valence-corrected chi connectivity index (χ4v) is 3.51. The zero-order valence-electron chi connectivity index (χ0n) is 14.0. The van der Waals surface area contributed by atoms with Gasteiger partial charge in [-0.3, -0.25) is 9.80 Å². The summed E-state index contributed by atoms with van der Waals surface area (Å²) < 4.78 is 6.18. The number of aromatic carboxylic acids is 1. The van der Waals surface area contributed by atoms with Crippen LogP contribution in [0.15, 0.2) is 22.7 Å². The maximum absolute atomic E-state index is 11.0. The molecule has 0 unspecified atom stereocenters. The van der Waals surface area contributed by atoms with E-state index in [1.165, 1.54) is 0 Å². The molecule has 5 nitrogen and oxygen atoms in total. The molecular weight excluding hydrogens is 360 g/mol.